The minimum absolute atomic E-state index is 0.153. The number of amides is 2. The largest absolute Gasteiger partial charge is 0.465 e. The highest BCUT2D eigenvalue weighted by Gasteiger charge is 2.50. The zero-order valence-electron chi connectivity index (χ0n) is 15.5. The van der Waals surface area contributed by atoms with E-state index in [9.17, 15) is 14.4 Å². The molecule has 1 aliphatic rings. The highest BCUT2D eigenvalue weighted by molar-refractivity contribution is 6.09. The van der Waals surface area contributed by atoms with E-state index in [1.165, 1.54) is 4.90 Å². The van der Waals surface area contributed by atoms with Crippen LogP contribution >= 0.6 is 0 Å². The smallest absolute Gasteiger partial charge is 0.319 e. The lowest BCUT2D eigenvalue weighted by Crippen LogP contribution is -2.54. The van der Waals surface area contributed by atoms with Crippen LogP contribution in [-0.2, 0) is 25.7 Å². The molecule has 2 amide bonds. The minimum Gasteiger partial charge on any atom is -0.465 e. The van der Waals surface area contributed by atoms with Crippen LogP contribution < -0.4 is 0 Å². The van der Waals surface area contributed by atoms with Gasteiger partial charge in [0.2, 0.25) is 11.8 Å². The summed E-state index contributed by atoms with van der Waals surface area (Å²) >= 11 is 0. The maximum Gasteiger partial charge on any atom is 0.319 e. The van der Waals surface area contributed by atoms with Gasteiger partial charge in [-0.25, -0.2) is 0 Å². The lowest BCUT2D eigenvalue weighted by Gasteiger charge is -2.39. The summed E-state index contributed by atoms with van der Waals surface area (Å²) in [5, 5.41) is 0. The van der Waals surface area contributed by atoms with Crippen molar-refractivity contribution in [1.82, 2.24) is 4.90 Å². The Morgan fingerprint density at radius 2 is 1.56 bits per heavy atom. The summed E-state index contributed by atoms with van der Waals surface area (Å²) in [6.07, 6.45) is 0. The van der Waals surface area contributed by atoms with Crippen molar-refractivity contribution >= 4 is 17.8 Å². The lowest BCUT2D eigenvalue weighted by atomic mass is 9.73. The summed E-state index contributed by atoms with van der Waals surface area (Å²) < 4.78 is 5.19. The first-order chi connectivity index (χ1) is 13.0. The second kappa shape index (κ2) is 8.16. The molecular formula is C22H23NO4. The molecule has 3 atom stereocenters. The summed E-state index contributed by atoms with van der Waals surface area (Å²) in [5.74, 6) is -3.40. The van der Waals surface area contributed by atoms with Crippen molar-refractivity contribution in [2.45, 2.75) is 26.3 Å². The van der Waals surface area contributed by atoms with Crippen LogP contribution in [0.5, 0.6) is 0 Å². The van der Waals surface area contributed by atoms with Gasteiger partial charge in [0.05, 0.1) is 13.2 Å². The number of esters is 1. The number of benzene rings is 2. The second-order valence-corrected chi connectivity index (χ2v) is 6.70. The Bertz CT molecular complexity index is 819. The average molecular weight is 365 g/mol. The number of imide groups is 1. The fraction of sp³-hybridized carbons (Fsp3) is 0.318. The van der Waals surface area contributed by atoms with Crippen LogP contribution in [0.1, 0.15) is 30.9 Å². The topological polar surface area (TPSA) is 63.7 Å². The maximum absolute atomic E-state index is 13.2. The molecule has 0 bridgehead atoms. The van der Waals surface area contributed by atoms with Gasteiger partial charge in [-0.15, -0.1) is 0 Å². The first-order valence-corrected chi connectivity index (χ1v) is 9.15. The van der Waals surface area contributed by atoms with Crippen LogP contribution in [0.2, 0.25) is 0 Å². The van der Waals surface area contributed by atoms with Crippen molar-refractivity contribution in [3.8, 4) is 0 Å². The highest BCUT2D eigenvalue weighted by atomic mass is 16.5. The van der Waals surface area contributed by atoms with Gasteiger partial charge in [-0.05, 0) is 18.1 Å². The number of hydrogen-bond donors (Lipinski definition) is 0. The molecule has 3 unspecified atom stereocenters. The number of ether oxygens (including phenoxy) is 1. The third kappa shape index (κ3) is 3.77. The van der Waals surface area contributed by atoms with Gasteiger partial charge < -0.3 is 4.74 Å². The number of carbonyl (C=O) groups is 3. The normalized spacial score (nSPS) is 22.6. The molecule has 1 heterocycles. The van der Waals surface area contributed by atoms with Crippen molar-refractivity contribution in [2.75, 3.05) is 6.61 Å². The molecule has 0 N–H and O–H groups in total. The van der Waals surface area contributed by atoms with Crippen molar-refractivity contribution in [1.29, 1.82) is 0 Å². The maximum atomic E-state index is 13.2. The van der Waals surface area contributed by atoms with E-state index in [-0.39, 0.29) is 19.1 Å². The number of nitrogens with zero attached hydrogens (tertiary/aromatic N) is 1. The molecule has 0 radical (unpaired) electrons. The number of piperidine rings is 1. The molecule has 2 aromatic rings. The zero-order valence-corrected chi connectivity index (χ0v) is 15.5. The number of carbonyl (C=O) groups excluding carboxylic acids is 3. The van der Waals surface area contributed by atoms with E-state index in [4.69, 9.17) is 4.74 Å². The molecule has 5 nitrogen and oxygen atoms in total. The summed E-state index contributed by atoms with van der Waals surface area (Å²) in [4.78, 5) is 40.0. The monoisotopic (exact) mass is 365 g/mol. The Kier molecular flexibility index (Phi) is 5.69. The van der Waals surface area contributed by atoms with Gasteiger partial charge in [0, 0.05) is 11.8 Å². The van der Waals surface area contributed by atoms with E-state index >= 15 is 0 Å². The van der Waals surface area contributed by atoms with Gasteiger partial charge in [-0.3, -0.25) is 19.3 Å². The molecule has 0 aliphatic carbocycles. The van der Waals surface area contributed by atoms with E-state index in [1.807, 2.05) is 60.7 Å². The zero-order chi connectivity index (χ0) is 19.4. The lowest BCUT2D eigenvalue weighted by molar-refractivity contribution is -0.166. The third-order valence-corrected chi connectivity index (χ3v) is 4.99. The van der Waals surface area contributed by atoms with E-state index in [0.717, 1.165) is 11.1 Å². The third-order valence-electron chi connectivity index (χ3n) is 4.99. The van der Waals surface area contributed by atoms with Crippen LogP contribution in [0.3, 0.4) is 0 Å². The predicted octanol–water partition coefficient (Wildman–Crippen LogP) is 3.15. The molecule has 3 rings (SSSR count). The molecule has 2 aromatic carbocycles. The molecule has 1 fully saturated rings. The molecule has 5 heteroatoms. The van der Waals surface area contributed by atoms with Crippen molar-refractivity contribution in [3.05, 3.63) is 71.8 Å². The van der Waals surface area contributed by atoms with Crippen LogP contribution in [0.15, 0.2) is 60.7 Å². The Labute approximate surface area is 158 Å². The van der Waals surface area contributed by atoms with E-state index < -0.39 is 29.6 Å². The first-order valence-electron chi connectivity index (χ1n) is 9.15. The summed E-state index contributed by atoms with van der Waals surface area (Å²) in [7, 11) is 0. The standard InChI is InChI=1S/C22H23NO4/c1-3-27-22(26)19-18(17-12-8-5-9-13-17)15(2)20(24)23(21(19)25)14-16-10-6-4-7-11-16/h4-13,15,18-19H,3,14H2,1-2H3. The van der Waals surface area contributed by atoms with Gasteiger partial charge in [0.1, 0.15) is 5.92 Å². The number of hydrogen-bond acceptors (Lipinski definition) is 4. The second-order valence-electron chi connectivity index (χ2n) is 6.70. The molecule has 0 saturated carbocycles. The quantitative estimate of drug-likeness (QED) is 0.464. The van der Waals surface area contributed by atoms with Crippen molar-refractivity contribution < 1.29 is 19.1 Å². The number of likely N-dealkylation sites (tertiary alicyclic amines) is 1. The SMILES string of the molecule is CCOC(=O)C1C(=O)N(Cc2ccccc2)C(=O)C(C)C1c1ccccc1. The van der Waals surface area contributed by atoms with Crippen LogP contribution in [-0.4, -0.2) is 29.3 Å². The van der Waals surface area contributed by atoms with E-state index in [1.54, 1.807) is 13.8 Å². The van der Waals surface area contributed by atoms with Gasteiger partial charge in [0.25, 0.3) is 0 Å². The summed E-state index contributed by atoms with van der Waals surface area (Å²) in [6, 6.07) is 18.5. The Balaban J connectivity index is 1.99. The van der Waals surface area contributed by atoms with Crippen LogP contribution in [0.4, 0.5) is 0 Å². The summed E-state index contributed by atoms with van der Waals surface area (Å²) in [5.41, 5.74) is 1.64. The minimum atomic E-state index is -1.02. The fourth-order valence-electron chi connectivity index (χ4n) is 3.68. The Morgan fingerprint density at radius 3 is 2.15 bits per heavy atom. The summed E-state index contributed by atoms with van der Waals surface area (Å²) in [6.45, 7) is 3.82. The van der Waals surface area contributed by atoms with Gasteiger partial charge in [-0.1, -0.05) is 67.6 Å². The molecule has 140 valence electrons. The van der Waals surface area contributed by atoms with Crippen molar-refractivity contribution in [2.24, 2.45) is 11.8 Å². The van der Waals surface area contributed by atoms with Crippen LogP contribution in [0, 0.1) is 11.8 Å². The average Bonchev–Trinajstić information content (AvgIpc) is 2.69. The van der Waals surface area contributed by atoms with Gasteiger partial charge in [0.15, 0.2) is 0 Å². The fourth-order valence-corrected chi connectivity index (χ4v) is 3.68. The Hall–Kier alpha value is -2.95. The molecule has 0 spiro atoms. The molecule has 0 aromatic heterocycles. The van der Waals surface area contributed by atoms with Crippen molar-refractivity contribution in [3.63, 3.8) is 0 Å². The first kappa shape index (κ1) is 18.8. The van der Waals surface area contributed by atoms with Gasteiger partial charge >= 0.3 is 5.97 Å². The molecule has 1 aliphatic heterocycles. The van der Waals surface area contributed by atoms with Crippen LogP contribution in [0.25, 0.3) is 0 Å². The molecular weight excluding hydrogens is 342 g/mol. The number of rotatable bonds is 5. The van der Waals surface area contributed by atoms with Gasteiger partial charge in [-0.2, -0.15) is 0 Å². The van der Waals surface area contributed by atoms with E-state index in [2.05, 4.69) is 0 Å². The molecule has 27 heavy (non-hydrogen) atoms. The van der Waals surface area contributed by atoms with E-state index in [0.29, 0.717) is 0 Å². The predicted molar refractivity (Wildman–Crippen MR) is 100 cm³/mol. The Morgan fingerprint density at radius 1 is 0.963 bits per heavy atom. The molecule has 1 saturated heterocycles. The highest BCUT2D eigenvalue weighted by Crippen LogP contribution is 2.39.